The molecule has 0 radical (unpaired) electrons. The molecule has 0 unspecified atom stereocenters. The first-order valence-corrected chi connectivity index (χ1v) is 7.08. The summed E-state index contributed by atoms with van der Waals surface area (Å²) in [6.07, 6.45) is 3.50. The first kappa shape index (κ1) is 15.3. The van der Waals surface area contributed by atoms with Crippen LogP contribution in [0, 0.1) is 0 Å². The molecular weight excluding hydrogens is 264 g/mol. The number of benzene rings is 1. The van der Waals surface area contributed by atoms with Gasteiger partial charge in [0.05, 0.1) is 0 Å². The van der Waals surface area contributed by atoms with Crippen LogP contribution in [0.1, 0.15) is 18.5 Å². The van der Waals surface area contributed by atoms with Gasteiger partial charge in [0.15, 0.2) is 6.04 Å². The van der Waals surface area contributed by atoms with Gasteiger partial charge in [0.25, 0.3) is 0 Å². The minimum absolute atomic E-state index is 0.0430. The van der Waals surface area contributed by atoms with Crippen LogP contribution >= 0.6 is 0 Å². The molecule has 2 rings (SSSR count). The van der Waals surface area contributed by atoms with Crippen molar-refractivity contribution in [1.29, 1.82) is 0 Å². The Morgan fingerprint density at radius 3 is 2.57 bits per heavy atom. The van der Waals surface area contributed by atoms with Crippen LogP contribution < -0.4 is 5.32 Å². The Kier molecular flexibility index (Phi) is 5.11. The summed E-state index contributed by atoms with van der Waals surface area (Å²) in [4.78, 5) is 14.7. The van der Waals surface area contributed by atoms with Crippen molar-refractivity contribution in [1.82, 2.24) is 20.0 Å². The Bertz CT molecular complexity index is 551. The molecule has 1 amide bonds. The van der Waals surface area contributed by atoms with Crippen molar-refractivity contribution in [3.63, 3.8) is 0 Å². The summed E-state index contributed by atoms with van der Waals surface area (Å²) in [5.41, 5.74) is 0.927. The maximum absolute atomic E-state index is 12.6. The lowest BCUT2D eigenvalue weighted by Crippen LogP contribution is -2.41. The monoisotopic (exact) mass is 286 g/mol. The highest BCUT2D eigenvalue weighted by atomic mass is 16.2. The topological polar surface area (TPSA) is 50.2 Å². The Balaban J connectivity index is 2.15. The minimum atomic E-state index is -0.435. The Labute approximate surface area is 125 Å². The first-order valence-electron chi connectivity index (χ1n) is 7.08. The van der Waals surface area contributed by atoms with Crippen LogP contribution in [0.25, 0.3) is 0 Å². The van der Waals surface area contributed by atoms with E-state index in [9.17, 15) is 4.79 Å². The van der Waals surface area contributed by atoms with Crippen LogP contribution in [0.2, 0.25) is 0 Å². The Morgan fingerprint density at radius 2 is 2.00 bits per heavy atom. The summed E-state index contributed by atoms with van der Waals surface area (Å²) in [5, 5.41) is 7.23. The van der Waals surface area contributed by atoms with Crippen molar-refractivity contribution in [2.24, 2.45) is 0 Å². The van der Waals surface area contributed by atoms with Crippen molar-refractivity contribution in [2.45, 2.75) is 19.0 Å². The summed E-state index contributed by atoms with van der Waals surface area (Å²) in [6.45, 7) is 2.68. The fraction of sp³-hybridized carbons (Fsp3) is 0.375. The average molecular weight is 286 g/mol. The van der Waals surface area contributed by atoms with Gasteiger partial charge >= 0.3 is 0 Å². The van der Waals surface area contributed by atoms with Crippen molar-refractivity contribution in [3.05, 3.63) is 54.4 Å². The normalized spacial score (nSPS) is 13.9. The van der Waals surface area contributed by atoms with Crippen molar-refractivity contribution < 1.29 is 4.79 Å². The SMILES string of the molecule is C[C@H](CNC(=O)[C@@H](c1ccccc1)n1cccn1)N(C)C. The molecule has 0 spiro atoms. The average Bonchev–Trinajstić information content (AvgIpc) is 3.00. The Morgan fingerprint density at radius 1 is 1.29 bits per heavy atom. The molecule has 112 valence electrons. The number of hydrogen-bond acceptors (Lipinski definition) is 3. The second-order valence-electron chi connectivity index (χ2n) is 5.36. The molecule has 0 aliphatic carbocycles. The third kappa shape index (κ3) is 3.92. The predicted octanol–water partition coefficient (Wildman–Crippen LogP) is 1.54. The van der Waals surface area contributed by atoms with Crippen molar-refractivity contribution in [3.8, 4) is 0 Å². The van der Waals surface area contributed by atoms with E-state index < -0.39 is 6.04 Å². The molecule has 2 atom stereocenters. The van der Waals surface area contributed by atoms with Gasteiger partial charge in [-0.25, -0.2) is 0 Å². The predicted molar refractivity (Wildman–Crippen MR) is 83.0 cm³/mol. The molecule has 1 aromatic carbocycles. The lowest BCUT2D eigenvalue weighted by Gasteiger charge is -2.23. The van der Waals surface area contributed by atoms with E-state index in [4.69, 9.17) is 0 Å². The van der Waals surface area contributed by atoms with Crippen LogP contribution in [0.4, 0.5) is 0 Å². The Hall–Kier alpha value is -2.14. The molecule has 1 aromatic heterocycles. The number of aromatic nitrogens is 2. The smallest absolute Gasteiger partial charge is 0.249 e. The molecule has 0 fully saturated rings. The van der Waals surface area contributed by atoms with E-state index in [1.165, 1.54) is 0 Å². The molecule has 0 saturated heterocycles. The van der Waals surface area contributed by atoms with Gasteiger partial charge in [0, 0.05) is 25.0 Å². The molecular formula is C16H22N4O. The summed E-state index contributed by atoms with van der Waals surface area (Å²) in [7, 11) is 4.00. The van der Waals surface area contributed by atoms with Gasteiger partial charge < -0.3 is 10.2 Å². The maximum Gasteiger partial charge on any atom is 0.249 e. The lowest BCUT2D eigenvalue weighted by atomic mass is 10.1. The van der Waals surface area contributed by atoms with Gasteiger partial charge in [-0.3, -0.25) is 9.48 Å². The third-order valence-corrected chi connectivity index (χ3v) is 3.61. The third-order valence-electron chi connectivity index (χ3n) is 3.61. The van der Waals surface area contributed by atoms with E-state index in [0.717, 1.165) is 5.56 Å². The van der Waals surface area contributed by atoms with Gasteiger partial charge in [-0.2, -0.15) is 5.10 Å². The number of nitrogens with one attached hydrogen (secondary N) is 1. The largest absolute Gasteiger partial charge is 0.352 e. The van der Waals surface area contributed by atoms with Crippen LogP contribution in [0.15, 0.2) is 48.8 Å². The van der Waals surface area contributed by atoms with Crippen LogP contribution in [-0.2, 0) is 4.79 Å². The number of rotatable bonds is 6. The van der Waals surface area contributed by atoms with Gasteiger partial charge in [0.2, 0.25) is 5.91 Å². The van der Waals surface area contributed by atoms with Crippen LogP contribution in [0.3, 0.4) is 0 Å². The molecule has 21 heavy (non-hydrogen) atoms. The van der Waals surface area contributed by atoms with E-state index in [0.29, 0.717) is 6.54 Å². The van der Waals surface area contributed by atoms with E-state index in [2.05, 4.69) is 22.2 Å². The zero-order valence-electron chi connectivity index (χ0n) is 12.7. The molecule has 0 saturated carbocycles. The first-order chi connectivity index (χ1) is 10.1. The lowest BCUT2D eigenvalue weighted by molar-refractivity contribution is -0.123. The molecule has 5 heteroatoms. The van der Waals surface area contributed by atoms with Gasteiger partial charge in [-0.05, 0) is 32.6 Å². The molecule has 0 aliphatic heterocycles. The molecule has 5 nitrogen and oxygen atoms in total. The van der Waals surface area contributed by atoms with Crippen LogP contribution in [-0.4, -0.2) is 47.3 Å². The molecule has 2 aromatic rings. The highest BCUT2D eigenvalue weighted by Gasteiger charge is 2.23. The highest BCUT2D eigenvalue weighted by Crippen LogP contribution is 2.17. The number of likely N-dealkylation sites (N-methyl/N-ethyl adjacent to an activating group) is 1. The molecule has 0 aliphatic rings. The zero-order chi connectivity index (χ0) is 15.2. The van der Waals surface area contributed by atoms with E-state index in [1.807, 2.05) is 56.7 Å². The summed E-state index contributed by atoms with van der Waals surface area (Å²) in [5.74, 6) is -0.0430. The zero-order valence-corrected chi connectivity index (χ0v) is 12.7. The van der Waals surface area contributed by atoms with E-state index in [1.54, 1.807) is 10.9 Å². The number of carbonyl (C=O) groups excluding carboxylic acids is 1. The fourth-order valence-electron chi connectivity index (χ4n) is 2.02. The summed E-state index contributed by atoms with van der Waals surface area (Å²) < 4.78 is 1.69. The maximum atomic E-state index is 12.6. The molecule has 1 heterocycles. The number of nitrogens with zero attached hydrogens (tertiary/aromatic N) is 3. The van der Waals surface area contributed by atoms with Gasteiger partial charge in [-0.1, -0.05) is 30.3 Å². The minimum Gasteiger partial charge on any atom is -0.352 e. The second kappa shape index (κ2) is 7.04. The van der Waals surface area contributed by atoms with Gasteiger partial charge in [0.1, 0.15) is 0 Å². The number of amides is 1. The van der Waals surface area contributed by atoms with E-state index >= 15 is 0 Å². The molecule has 1 N–H and O–H groups in total. The standard InChI is InChI=1S/C16H22N4O/c1-13(19(2)3)12-17-16(21)15(20-11-7-10-18-20)14-8-5-4-6-9-14/h4-11,13,15H,12H2,1-3H3,(H,17,21)/t13-,15-/m1/s1. The quantitative estimate of drug-likeness (QED) is 0.876. The fourth-order valence-corrected chi connectivity index (χ4v) is 2.02. The summed E-state index contributed by atoms with van der Waals surface area (Å²) >= 11 is 0. The number of hydrogen-bond donors (Lipinski definition) is 1. The van der Waals surface area contributed by atoms with Crippen molar-refractivity contribution in [2.75, 3.05) is 20.6 Å². The van der Waals surface area contributed by atoms with Gasteiger partial charge in [-0.15, -0.1) is 0 Å². The second-order valence-corrected chi connectivity index (χ2v) is 5.36. The van der Waals surface area contributed by atoms with Crippen LogP contribution in [0.5, 0.6) is 0 Å². The van der Waals surface area contributed by atoms with E-state index in [-0.39, 0.29) is 11.9 Å². The highest BCUT2D eigenvalue weighted by molar-refractivity contribution is 5.83. The molecule has 0 bridgehead atoms. The number of carbonyl (C=O) groups is 1. The summed E-state index contributed by atoms with van der Waals surface area (Å²) in [6, 6.07) is 11.4. The van der Waals surface area contributed by atoms with Crippen molar-refractivity contribution >= 4 is 5.91 Å².